The molecular weight excluding hydrogens is 805 g/mol. The van der Waals surface area contributed by atoms with Crippen molar-refractivity contribution in [2.45, 2.75) is 121 Å². The largest absolute Gasteiger partial charge is 0.481 e. The molecule has 7 atom stereocenters. The maximum absolute atomic E-state index is 13.9. The molecule has 0 radical (unpaired) electrons. The molecule has 0 bridgehead atoms. The Kier molecular flexibility index (Phi) is 24.4. The van der Waals surface area contributed by atoms with Crippen molar-refractivity contribution < 1.29 is 53.1 Å². The number of hydrogen-bond donors (Lipinski definition) is 11. The lowest BCUT2D eigenvalue weighted by Gasteiger charge is -2.25. The summed E-state index contributed by atoms with van der Waals surface area (Å²) in [7, 11) is 1.75. The Hall–Kier alpha value is -5.61. The van der Waals surface area contributed by atoms with E-state index in [0.29, 0.717) is 24.9 Å². The van der Waals surface area contributed by atoms with Crippen LogP contribution in [0.3, 0.4) is 0 Å². The number of carbonyl (C=O) groups is 10. The zero-order valence-corrected chi connectivity index (χ0v) is 35.4. The molecule has 1 heterocycles. The number of hydrogen-bond acceptors (Lipinski definition) is 13. The summed E-state index contributed by atoms with van der Waals surface area (Å²) in [5.74, 6) is -7.96. The van der Waals surface area contributed by atoms with E-state index in [1.807, 2.05) is 13.8 Å². The smallest absolute Gasteiger partial charge is 0.305 e. The van der Waals surface area contributed by atoms with Crippen LogP contribution in [-0.2, 0) is 49.6 Å². The number of carboxylic acids is 1. The van der Waals surface area contributed by atoms with Crippen molar-refractivity contribution in [3.8, 4) is 0 Å². The van der Waals surface area contributed by atoms with E-state index >= 15 is 0 Å². The van der Waals surface area contributed by atoms with Crippen LogP contribution < -0.4 is 54.0 Å². The van der Waals surface area contributed by atoms with Crippen molar-refractivity contribution in [3.63, 3.8) is 0 Å². The summed E-state index contributed by atoms with van der Waals surface area (Å²) in [5.41, 5.74) is 12.0. The number of carboxylic acid groups (broad SMARTS) is 1. The van der Waals surface area contributed by atoms with Gasteiger partial charge >= 0.3 is 5.97 Å². The van der Waals surface area contributed by atoms with Crippen LogP contribution in [0.1, 0.15) is 78.2 Å². The molecule has 0 aromatic heterocycles. The molecule has 13 N–H and O–H groups in total. The van der Waals surface area contributed by atoms with Crippen LogP contribution in [-0.4, -0.2) is 125 Å². The Balaban J connectivity index is 0.00000886. The average Bonchev–Trinajstić information content (AvgIpc) is 3.19. The maximum atomic E-state index is 13.9. The lowest BCUT2D eigenvalue weighted by Crippen LogP contribution is -2.57. The van der Waals surface area contributed by atoms with Crippen molar-refractivity contribution in [3.05, 3.63) is 35.9 Å². The minimum Gasteiger partial charge on any atom is -0.481 e. The Bertz CT molecular complexity index is 1650. The number of aliphatic carboxylic acids is 1. The summed E-state index contributed by atoms with van der Waals surface area (Å²) in [6.07, 6.45) is -0.000609. The predicted octanol–water partition coefficient (Wildman–Crippen LogP) is -1.97. The summed E-state index contributed by atoms with van der Waals surface area (Å²) < 4.78 is 0. The monoisotopic (exact) mass is 864 g/mol. The quantitative estimate of drug-likeness (QED) is 0.0673. The normalized spacial score (nSPS) is 19.8. The lowest BCUT2D eigenvalue weighted by atomic mass is 10.0. The molecule has 21 nitrogen and oxygen atoms in total. The molecule has 0 aliphatic carbocycles. The number of ketones is 1. The standard InChI is InChI=1S/C36H54N10O11S.C2H6/c1-19(20(2)47)41-33(55)26(15-21-9-5-4-6-10-21)45-36(57)58-35-34(56)44-24(31(53)40-18-28(49)43-25(30(38)52)17-29(50)51)13-12-22(37)16-27(48)42-23(32(54)46-35)11-7-8-14-39-3;1-2/h4-6,9-10,19,22-26,35,39H,7-8,11-18,37H2,1-3H3,(H2,38,52)(H,40,53)(H,41,55)(H,42,48)(H,43,49)(H,44,56)(H,45,57)(H,46,54)(H,50,51);1-2H3/t19-,22?,23-,24-,25-,26-,35?;/m0./s1. The van der Waals surface area contributed by atoms with Gasteiger partial charge in [0.2, 0.25) is 35.4 Å². The van der Waals surface area contributed by atoms with E-state index < -0.39 is 107 Å². The molecule has 1 saturated heterocycles. The van der Waals surface area contributed by atoms with Crippen molar-refractivity contribution >= 4 is 70.1 Å². The van der Waals surface area contributed by atoms with E-state index in [1.54, 1.807) is 37.4 Å². The second-order valence-electron chi connectivity index (χ2n) is 13.7. The zero-order valence-electron chi connectivity index (χ0n) is 34.6. The van der Waals surface area contributed by atoms with Crippen molar-refractivity contribution in [2.24, 2.45) is 11.5 Å². The third-order valence-corrected chi connectivity index (χ3v) is 9.70. The lowest BCUT2D eigenvalue weighted by molar-refractivity contribution is -0.140. The molecule has 1 aromatic carbocycles. The molecule has 60 heavy (non-hydrogen) atoms. The molecule has 22 heteroatoms. The van der Waals surface area contributed by atoms with Gasteiger partial charge in [-0.3, -0.25) is 47.9 Å². The van der Waals surface area contributed by atoms with Gasteiger partial charge in [0.05, 0.1) is 19.0 Å². The molecular formula is C38H60N10O11S. The highest BCUT2D eigenvalue weighted by Crippen LogP contribution is 2.16. The third kappa shape index (κ3) is 20.4. The van der Waals surface area contributed by atoms with Crippen molar-refractivity contribution in [2.75, 3.05) is 20.1 Å². The Morgan fingerprint density at radius 1 is 0.900 bits per heavy atom. The number of thioether (sulfide) groups is 1. The molecule has 8 amide bonds. The molecule has 2 rings (SSSR count). The molecule has 334 valence electrons. The zero-order chi connectivity index (χ0) is 45.4. The summed E-state index contributed by atoms with van der Waals surface area (Å²) in [5, 5.41) is 26.3. The van der Waals surface area contributed by atoms with Gasteiger partial charge in [0.1, 0.15) is 24.2 Å². The van der Waals surface area contributed by atoms with Gasteiger partial charge in [-0.1, -0.05) is 44.2 Å². The number of nitrogens with one attached hydrogen (secondary N) is 8. The first-order valence-electron chi connectivity index (χ1n) is 19.6. The van der Waals surface area contributed by atoms with E-state index in [1.165, 1.54) is 13.8 Å². The van der Waals surface area contributed by atoms with Crippen LogP contribution in [0.2, 0.25) is 0 Å². The molecule has 1 fully saturated rings. The SMILES string of the molecule is CC.CNCCCC[C@@H]1NC(=O)CC(N)CC[C@@H](C(=O)NCC(=O)N[C@@H](CC(=O)O)C(N)=O)NC(=O)C(SC(=O)N[C@@H](Cc2ccccc2)C(=O)N[C@@H](C)C(C)=O)NC1=O. The number of unbranched alkanes of at least 4 members (excludes halogenated alkanes) is 1. The first-order valence-corrected chi connectivity index (χ1v) is 20.5. The number of Topliss-reactive ketones (excluding diaryl/α,β-unsaturated/α-hetero) is 1. The fourth-order valence-electron chi connectivity index (χ4n) is 5.48. The van der Waals surface area contributed by atoms with Gasteiger partial charge in [-0.15, -0.1) is 0 Å². The number of carbonyl (C=O) groups excluding carboxylic acids is 9. The fourth-order valence-corrected chi connectivity index (χ4v) is 6.25. The molecule has 1 aromatic rings. The third-order valence-electron chi connectivity index (χ3n) is 8.80. The summed E-state index contributed by atoms with van der Waals surface area (Å²) in [6.45, 7) is 6.60. The number of primary amides is 1. The average molecular weight is 865 g/mol. The number of amides is 8. The Morgan fingerprint density at radius 2 is 1.57 bits per heavy atom. The van der Waals surface area contributed by atoms with E-state index in [4.69, 9.17) is 16.6 Å². The second kappa shape index (κ2) is 28.0. The van der Waals surface area contributed by atoms with Crippen molar-refractivity contribution in [1.29, 1.82) is 0 Å². The van der Waals surface area contributed by atoms with Crippen LogP contribution in [0.5, 0.6) is 0 Å². The number of rotatable bonds is 19. The summed E-state index contributed by atoms with van der Waals surface area (Å²) in [4.78, 5) is 128. The molecule has 2 unspecified atom stereocenters. The first-order chi connectivity index (χ1) is 28.4. The number of benzene rings is 1. The van der Waals surface area contributed by atoms with Gasteiger partial charge in [0.25, 0.3) is 11.1 Å². The van der Waals surface area contributed by atoms with Crippen LogP contribution in [0.15, 0.2) is 30.3 Å². The van der Waals surface area contributed by atoms with Crippen LogP contribution in [0.4, 0.5) is 4.79 Å². The number of nitrogens with two attached hydrogens (primary N) is 2. The summed E-state index contributed by atoms with van der Waals surface area (Å²) in [6, 6.07) is 1.50. The maximum Gasteiger partial charge on any atom is 0.305 e. The molecule has 1 aliphatic rings. The van der Waals surface area contributed by atoms with Gasteiger partial charge in [-0.25, -0.2) is 0 Å². The highest BCUT2D eigenvalue weighted by atomic mass is 32.2. The van der Waals surface area contributed by atoms with Gasteiger partial charge in [-0.2, -0.15) is 0 Å². The second-order valence-corrected chi connectivity index (χ2v) is 14.8. The van der Waals surface area contributed by atoms with E-state index in [2.05, 4.69) is 42.5 Å². The van der Waals surface area contributed by atoms with Gasteiger partial charge < -0.3 is 59.1 Å². The van der Waals surface area contributed by atoms with Gasteiger partial charge in [-0.05, 0) is 76.9 Å². The highest BCUT2D eigenvalue weighted by molar-refractivity contribution is 8.14. The first kappa shape index (κ1) is 52.4. The molecule has 0 saturated carbocycles. The fraction of sp³-hybridized carbons (Fsp3) is 0.579. The summed E-state index contributed by atoms with van der Waals surface area (Å²) >= 11 is 0.276. The van der Waals surface area contributed by atoms with Crippen LogP contribution >= 0.6 is 11.8 Å². The molecule has 0 spiro atoms. The van der Waals surface area contributed by atoms with E-state index in [-0.39, 0.29) is 49.6 Å². The van der Waals surface area contributed by atoms with E-state index in [9.17, 15) is 47.9 Å². The van der Waals surface area contributed by atoms with Crippen LogP contribution in [0, 0.1) is 0 Å². The van der Waals surface area contributed by atoms with Crippen LogP contribution in [0.25, 0.3) is 0 Å². The highest BCUT2D eigenvalue weighted by Gasteiger charge is 2.34. The van der Waals surface area contributed by atoms with Gasteiger partial charge in [0.15, 0.2) is 11.2 Å². The van der Waals surface area contributed by atoms with Gasteiger partial charge in [0, 0.05) is 18.9 Å². The van der Waals surface area contributed by atoms with E-state index in [0.717, 1.165) is 0 Å². The minimum absolute atomic E-state index is 0.0121. The Labute approximate surface area is 353 Å². The minimum atomic E-state index is -1.75. The van der Waals surface area contributed by atoms with Crippen molar-refractivity contribution in [1.82, 2.24) is 42.5 Å². The Morgan fingerprint density at radius 3 is 2.17 bits per heavy atom. The topological polar surface area (TPSA) is 339 Å². The predicted molar refractivity (Wildman–Crippen MR) is 221 cm³/mol. The molecule has 1 aliphatic heterocycles.